The highest BCUT2D eigenvalue weighted by Crippen LogP contribution is 2.07. The van der Waals surface area contributed by atoms with Gasteiger partial charge in [0.2, 0.25) is 0 Å². The minimum atomic E-state index is -0.440. The van der Waals surface area contributed by atoms with E-state index in [2.05, 4.69) is 35.5 Å². The fourth-order valence-corrected chi connectivity index (χ4v) is 2.02. The van der Waals surface area contributed by atoms with Crippen molar-refractivity contribution in [3.63, 3.8) is 0 Å². The first kappa shape index (κ1) is 18.4. The Morgan fingerprint density at radius 1 is 1.23 bits per heavy atom. The molecule has 0 aliphatic carbocycles. The van der Waals surface area contributed by atoms with Crippen molar-refractivity contribution in [2.24, 2.45) is 0 Å². The maximum absolute atomic E-state index is 11.4. The van der Waals surface area contributed by atoms with Gasteiger partial charge in [-0.25, -0.2) is 4.79 Å². The molecule has 0 fully saturated rings. The van der Waals surface area contributed by atoms with E-state index in [0.29, 0.717) is 6.54 Å². The summed E-state index contributed by atoms with van der Waals surface area (Å²) in [7, 11) is 0. The first-order valence-electron chi connectivity index (χ1n) is 7.87. The van der Waals surface area contributed by atoms with Gasteiger partial charge in [0, 0.05) is 19.3 Å². The van der Waals surface area contributed by atoms with Gasteiger partial charge in [0.1, 0.15) is 5.60 Å². The van der Waals surface area contributed by atoms with Gasteiger partial charge in [0.15, 0.2) is 0 Å². The zero-order chi connectivity index (χ0) is 16.6. The average Bonchev–Trinajstić information content (AvgIpc) is 2.37. The molecule has 0 aliphatic heterocycles. The molecule has 0 atom stereocenters. The van der Waals surface area contributed by atoms with Crippen LogP contribution >= 0.6 is 0 Å². The van der Waals surface area contributed by atoms with E-state index in [-0.39, 0.29) is 6.09 Å². The normalized spacial score (nSPS) is 11.3. The molecular weight excluding hydrogens is 278 g/mol. The van der Waals surface area contributed by atoms with E-state index in [9.17, 15) is 4.79 Å². The zero-order valence-corrected chi connectivity index (χ0v) is 14.5. The molecule has 2 N–H and O–H groups in total. The van der Waals surface area contributed by atoms with Crippen molar-refractivity contribution in [3.05, 3.63) is 29.1 Å². The quantitative estimate of drug-likeness (QED) is 0.760. The summed E-state index contributed by atoms with van der Waals surface area (Å²) < 4.78 is 5.17. The third-order valence-electron chi connectivity index (χ3n) is 3.06. The predicted molar refractivity (Wildman–Crippen MR) is 88.9 cm³/mol. The van der Waals surface area contributed by atoms with Crippen molar-refractivity contribution in [2.45, 2.75) is 59.6 Å². The number of ether oxygens (including phenoxy) is 1. The van der Waals surface area contributed by atoms with Crippen LogP contribution in [0, 0.1) is 13.8 Å². The van der Waals surface area contributed by atoms with Crippen LogP contribution in [0.5, 0.6) is 0 Å². The lowest BCUT2D eigenvalue weighted by Crippen LogP contribution is -2.33. The Kier molecular flexibility index (Phi) is 7.32. The fourth-order valence-electron chi connectivity index (χ4n) is 2.02. The van der Waals surface area contributed by atoms with Crippen LogP contribution in [0.4, 0.5) is 4.79 Å². The van der Waals surface area contributed by atoms with Gasteiger partial charge < -0.3 is 15.4 Å². The molecule has 1 amide bonds. The predicted octanol–water partition coefficient (Wildman–Crippen LogP) is 3.09. The molecule has 22 heavy (non-hydrogen) atoms. The van der Waals surface area contributed by atoms with Crippen LogP contribution in [0.2, 0.25) is 0 Å². The van der Waals surface area contributed by atoms with Crippen molar-refractivity contribution in [2.75, 3.05) is 13.1 Å². The third kappa shape index (κ3) is 7.98. The van der Waals surface area contributed by atoms with Crippen molar-refractivity contribution in [1.29, 1.82) is 0 Å². The van der Waals surface area contributed by atoms with E-state index in [1.165, 1.54) is 11.1 Å². The Hall–Kier alpha value is -1.62. The van der Waals surface area contributed by atoms with Crippen LogP contribution < -0.4 is 10.6 Å². The molecule has 0 unspecified atom stereocenters. The van der Waals surface area contributed by atoms with Gasteiger partial charge in [0.05, 0.1) is 5.69 Å². The lowest BCUT2D eigenvalue weighted by Gasteiger charge is -2.19. The van der Waals surface area contributed by atoms with E-state index >= 15 is 0 Å². The Morgan fingerprint density at radius 2 is 1.91 bits per heavy atom. The highest BCUT2D eigenvalue weighted by Gasteiger charge is 2.15. The molecule has 124 valence electrons. The molecule has 1 heterocycles. The number of hydrogen-bond donors (Lipinski definition) is 2. The Bertz CT molecular complexity index is 481. The summed E-state index contributed by atoms with van der Waals surface area (Å²) in [6.45, 7) is 12.0. The molecule has 5 nitrogen and oxygen atoms in total. The smallest absolute Gasteiger partial charge is 0.407 e. The summed E-state index contributed by atoms with van der Waals surface area (Å²) in [6.07, 6.45) is 3.47. The number of nitrogens with one attached hydrogen (secondary N) is 2. The fraction of sp³-hybridized carbons (Fsp3) is 0.647. The summed E-state index contributed by atoms with van der Waals surface area (Å²) in [5.74, 6) is 0. The van der Waals surface area contributed by atoms with Crippen LogP contribution in [0.25, 0.3) is 0 Å². The minimum absolute atomic E-state index is 0.347. The van der Waals surface area contributed by atoms with Gasteiger partial charge in [0.25, 0.3) is 0 Å². The summed E-state index contributed by atoms with van der Waals surface area (Å²) in [6, 6.07) is 2.15. The van der Waals surface area contributed by atoms with Gasteiger partial charge in [-0.2, -0.15) is 0 Å². The number of aromatic nitrogens is 1. The van der Waals surface area contributed by atoms with E-state index < -0.39 is 5.60 Å². The van der Waals surface area contributed by atoms with Gasteiger partial charge >= 0.3 is 6.09 Å². The number of alkyl carbamates (subject to hydrolysis) is 1. The molecule has 0 saturated heterocycles. The zero-order valence-electron chi connectivity index (χ0n) is 14.5. The second kappa shape index (κ2) is 8.73. The first-order valence-corrected chi connectivity index (χ1v) is 7.87. The highest BCUT2D eigenvalue weighted by molar-refractivity contribution is 5.67. The Morgan fingerprint density at radius 3 is 2.55 bits per heavy atom. The molecule has 0 saturated carbocycles. The summed E-state index contributed by atoms with van der Waals surface area (Å²) in [4.78, 5) is 15.9. The minimum Gasteiger partial charge on any atom is -0.444 e. The van der Waals surface area contributed by atoms with Gasteiger partial charge in [-0.1, -0.05) is 6.07 Å². The van der Waals surface area contributed by atoms with Crippen LogP contribution in [-0.4, -0.2) is 29.8 Å². The van der Waals surface area contributed by atoms with Gasteiger partial charge in [-0.15, -0.1) is 0 Å². The highest BCUT2D eigenvalue weighted by atomic mass is 16.6. The largest absolute Gasteiger partial charge is 0.444 e. The lowest BCUT2D eigenvalue weighted by molar-refractivity contribution is 0.0527. The van der Waals surface area contributed by atoms with E-state index in [1.807, 2.05) is 27.0 Å². The first-order chi connectivity index (χ1) is 10.3. The molecular formula is C17H29N3O2. The van der Waals surface area contributed by atoms with E-state index in [4.69, 9.17) is 4.74 Å². The lowest BCUT2D eigenvalue weighted by atomic mass is 10.1. The SMILES string of the molecule is Cc1cnc(CNCCCCNC(=O)OC(C)(C)C)c(C)c1. The molecule has 1 aromatic rings. The number of carbonyl (C=O) groups excluding carboxylic acids is 1. The number of pyridine rings is 1. The van der Waals surface area contributed by atoms with Crippen molar-refractivity contribution < 1.29 is 9.53 Å². The number of unbranched alkanes of at least 4 members (excludes halogenated alkanes) is 1. The van der Waals surface area contributed by atoms with Gasteiger partial charge in [-0.05, 0) is 65.1 Å². The molecule has 0 bridgehead atoms. The number of aryl methyl sites for hydroxylation is 2. The van der Waals surface area contributed by atoms with E-state index in [1.54, 1.807) is 0 Å². The molecule has 0 spiro atoms. The van der Waals surface area contributed by atoms with Crippen LogP contribution in [0.1, 0.15) is 50.4 Å². The van der Waals surface area contributed by atoms with Crippen LogP contribution in [0.3, 0.4) is 0 Å². The average molecular weight is 307 g/mol. The number of carbonyl (C=O) groups is 1. The van der Waals surface area contributed by atoms with Crippen molar-refractivity contribution in [1.82, 2.24) is 15.6 Å². The maximum Gasteiger partial charge on any atom is 0.407 e. The molecule has 0 aromatic carbocycles. The van der Waals surface area contributed by atoms with Crippen molar-refractivity contribution >= 4 is 6.09 Å². The summed E-state index contributed by atoms with van der Waals surface area (Å²) in [5, 5.41) is 6.14. The van der Waals surface area contributed by atoms with Crippen LogP contribution in [0.15, 0.2) is 12.3 Å². The summed E-state index contributed by atoms with van der Waals surface area (Å²) in [5.41, 5.74) is 3.07. The Balaban J connectivity index is 2.07. The molecule has 5 heteroatoms. The Labute approximate surface area is 133 Å². The van der Waals surface area contributed by atoms with Crippen LogP contribution in [-0.2, 0) is 11.3 Å². The maximum atomic E-state index is 11.4. The second-order valence-electron chi connectivity index (χ2n) is 6.59. The van der Waals surface area contributed by atoms with Crippen molar-refractivity contribution in [3.8, 4) is 0 Å². The summed E-state index contributed by atoms with van der Waals surface area (Å²) >= 11 is 0. The second-order valence-corrected chi connectivity index (χ2v) is 6.59. The number of rotatable bonds is 7. The molecule has 1 aromatic heterocycles. The molecule has 0 radical (unpaired) electrons. The standard InChI is InChI=1S/C17H29N3O2/c1-13-10-14(2)15(20-11-13)12-18-8-6-7-9-19-16(21)22-17(3,4)5/h10-11,18H,6-9,12H2,1-5H3,(H,19,21). The molecule has 1 rings (SSSR count). The monoisotopic (exact) mass is 307 g/mol. The third-order valence-corrected chi connectivity index (χ3v) is 3.06. The number of nitrogens with zero attached hydrogens (tertiary/aromatic N) is 1. The number of hydrogen-bond acceptors (Lipinski definition) is 4. The van der Waals surface area contributed by atoms with Gasteiger partial charge in [-0.3, -0.25) is 4.98 Å². The number of amides is 1. The topological polar surface area (TPSA) is 63.2 Å². The van der Waals surface area contributed by atoms with E-state index in [0.717, 1.165) is 31.6 Å². The molecule has 0 aliphatic rings.